The zero-order valence-electron chi connectivity index (χ0n) is 10.1. The Morgan fingerprint density at radius 3 is 2.41 bits per heavy atom. The molecule has 0 N–H and O–H groups in total. The van der Waals surface area contributed by atoms with Gasteiger partial charge in [0.25, 0.3) is 0 Å². The zero-order valence-corrected chi connectivity index (χ0v) is 11.7. The van der Waals surface area contributed by atoms with Gasteiger partial charge in [-0.25, -0.2) is 0 Å². The Balaban J connectivity index is 2.69. The summed E-state index contributed by atoms with van der Waals surface area (Å²) in [7, 11) is 0. The van der Waals surface area contributed by atoms with Gasteiger partial charge < -0.3 is 4.57 Å². The van der Waals surface area contributed by atoms with E-state index in [0.717, 1.165) is 27.1 Å². The van der Waals surface area contributed by atoms with Gasteiger partial charge in [0.1, 0.15) is 6.07 Å². The van der Waals surface area contributed by atoms with Crippen LogP contribution in [-0.2, 0) is 0 Å². The van der Waals surface area contributed by atoms with E-state index in [4.69, 9.17) is 5.26 Å². The summed E-state index contributed by atoms with van der Waals surface area (Å²) in [6.45, 7) is 6.04. The lowest BCUT2D eigenvalue weighted by atomic mass is 10.2. The van der Waals surface area contributed by atoms with Gasteiger partial charge in [-0.05, 0) is 60.5 Å². The van der Waals surface area contributed by atoms with E-state index in [9.17, 15) is 0 Å². The number of aromatic nitrogens is 1. The number of benzene rings is 1. The summed E-state index contributed by atoms with van der Waals surface area (Å²) in [5.74, 6) is 0. The van der Waals surface area contributed by atoms with Crippen LogP contribution in [0.2, 0.25) is 0 Å². The van der Waals surface area contributed by atoms with Crippen molar-refractivity contribution < 1.29 is 0 Å². The van der Waals surface area contributed by atoms with Gasteiger partial charge in [-0.15, -0.1) is 0 Å². The molecule has 17 heavy (non-hydrogen) atoms. The zero-order chi connectivity index (χ0) is 12.6. The molecule has 3 heteroatoms. The molecule has 0 aliphatic rings. The molecule has 0 saturated carbocycles. The number of aryl methyl sites for hydroxylation is 2. The summed E-state index contributed by atoms with van der Waals surface area (Å²) >= 11 is 3.58. The number of nitriles is 1. The van der Waals surface area contributed by atoms with E-state index >= 15 is 0 Å². The summed E-state index contributed by atoms with van der Waals surface area (Å²) in [5, 5.41) is 9.04. The van der Waals surface area contributed by atoms with Crippen LogP contribution in [0.25, 0.3) is 5.69 Å². The van der Waals surface area contributed by atoms with Gasteiger partial charge in [0.2, 0.25) is 0 Å². The lowest BCUT2D eigenvalue weighted by Gasteiger charge is -2.12. The van der Waals surface area contributed by atoms with Crippen molar-refractivity contribution in [3.8, 4) is 11.8 Å². The molecule has 1 aromatic carbocycles. The van der Waals surface area contributed by atoms with Crippen molar-refractivity contribution in [2.75, 3.05) is 0 Å². The Bertz CT molecular complexity index is 618. The molecule has 0 unspecified atom stereocenters. The first-order valence-electron chi connectivity index (χ1n) is 5.40. The van der Waals surface area contributed by atoms with Crippen LogP contribution in [0.4, 0.5) is 0 Å². The smallest absolute Gasteiger partial charge is 0.101 e. The third-order valence-electron chi connectivity index (χ3n) is 2.90. The van der Waals surface area contributed by atoms with Gasteiger partial charge in [-0.1, -0.05) is 6.07 Å². The number of rotatable bonds is 1. The second kappa shape index (κ2) is 4.38. The fraction of sp³-hybridized carbons (Fsp3) is 0.214. The minimum Gasteiger partial charge on any atom is -0.316 e. The highest BCUT2D eigenvalue weighted by molar-refractivity contribution is 9.10. The van der Waals surface area contributed by atoms with Gasteiger partial charge in [0, 0.05) is 15.9 Å². The van der Waals surface area contributed by atoms with Crippen LogP contribution in [0.5, 0.6) is 0 Å². The van der Waals surface area contributed by atoms with Crippen molar-refractivity contribution in [2.24, 2.45) is 0 Å². The minimum absolute atomic E-state index is 0.731. The molecule has 0 saturated heterocycles. The molecule has 86 valence electrons. The Labute approximate surface area is 110 Å². The van der Waals surface area contributed by atoms with Crippen molar-refractivity contribution in [1.29, 1.82) is 5.26 Å². The van der Waals surface area contributed by atoms with E-state index in [1.807, 2.05) is 19.9 Å². The standard InChI is InChI=1S/C14H13BrN2/c1-9-4-5-14(13(15)6-9)17-10(2)7-12(8-16)11(17)3/h4-7H,1-3H3. The van der Waals surface area contributed by atoms with Crippen LogP contribution in [0, 0.1) is 32.1 Å². The normalized spacial score (nSPS) is 10.3. The molecule has 2 rings (SSSR count). The molecule has 1 heterocycles. The highest BCUT2D eigenvalue weighted by atomic mass is 79.9. The lowest BCUT2D eigenvalue weighted by Crippen LogP contribution is -2.00. The summed E-state index contributed by atoms with van der Waals surface area (Å²) in [5.41, 5.74) is 5.07. The van der Waals surface area contributed by atoms with Crippen LogP contribution in [0.3, 0.4) is 0 Å². The molecule has 0 atom stereocenters. The van der Waals surface area contributed by atoms with Gasteiger partial charge in [0.15, 0.2) is 0 Å². The Morgan fingerprint density at radius 1 is 1.18 bits per heavy atom. The molecule has 0 bridgehead atoms. The van der Waals surface area contributed by atoms with Gasteiger partial charge in [-0.2, -0.15) is 5.26 Å². The predicted molar refractivity (Wildman–Crippen MR) is 72.4 cm³/mol. The second-order valence-electron chi connectivity index (χ2n) is 4.19. The summed E-state index contributed by atoms with van der Waals surface area (Å²) < 4.78 is 3.14. The van der Waals surface area contributed by atoms with Gasteiger partial charge in [0.05, 0.1) is 11.3 Å². The molecule has 0 amide bonds. The first kappa shape index (κ1) is 11.9. The molecular weight excluding hydrogens is 276 g/mol. The highest BCUT2D eigenvalue weighted by Gasteiger charge is 2.12. The van der Waals surface area contributed by atoms with Crippen molar-refractivity contribution >= 4 is 15.9 Å². The average molecular weight is 289 g/mol. The third-order valence-corrected chi connectivity index (χ3v) is 3.53. The molecular formula is C14H13BrN2. The molecule has 0 aliphatic carbocycles. The first-order chi connectivity index (χ1) is 8.04. The number of hydrogen-bond acceptors (Lipinski definition) is 1. The summed E-state index contributed by atoms with van der Waals surface area (Å²) in [6.07, 6.45) is 0. The lowest BCUT2D eigenvalue weighted by molar-refractivity contribution is 0.957. The maximum Gasteiger partial charge on any atom is 0.101 e. The molecule has 2 nitrogen and oxygen atoms in total. The van der Waals surface area contributed by atoms with Crippen molar-refractivity contribution in [3.63, 3.8) is 0 Å². The fourth-order valence-electron chi connectivity index (χ4n) is 2.04. The van der Waals surface area contributed by atoms with Crippen LogP contribution < -0.4 is 0 Å². The predicted octanol–water partition coefficient (Wildman–Crippen LogP) is 4.04. The first-order valence-corrected chi connectivity index (χ1v) is 6.19. The van der Waals surface area contributed by atoms with Crippen LogP contribution in [0.1, 0.15) is 22.5 Å². The number of nitrogens with zero attached hydrogens (tertiary/aromatic N) is 2. The molecule has 0 fully saturated rings. The van der Waals surface area contributed by atoms with Crippen molar-refractivity contribution in [3.05, 3.63) is 51.3 Å². The summed E-state index contributed by atoms with van der Waals surface area (Å²) in [6, 6.07) is 10.4. The Hall–Kier alpha value is -1.53. The maximum absolute atomic E-state index is 9.04. The quantitative estimate of drug-likeness (QED) is 0.779. The average Bonchev–Trinajstić information content (AvgIpc) is 2.55. The monoisotopic (exact) mass is 288 g/mol. The van der Waals surface area contributed by atoms with E-state index in [0.29, 0.717) is 0 Å². The molecule has 2 aromatic rings. The van der Waals surface area contributed by atoms with Gasteiger partial charge in [-0.3, -0.25) is 0 Å². The molecule has 1 aromatic heterocycles. The fourth-order valence-corrected chi connectivity index (χ4v) is 2.71. The van der Waals surface area contributed by atoms with E-state index in [1.165, 1.54) is 5.56 Å². The molecule has 0 spiro atoms. The largest absolute Gasteiger partial charge is 0.316 e. The van der Waals surface area contributed by atoms with Gasteiger partial charge >= 0.3 is 0 Å². The number of halogens is 1. The maximum atomic E-state index is 9.04. The van der Waals surface area contributed by atoms with Crippen LogP contribution in [0.15, 0.2) is 28.7 Å². The minimum atomic E-state index is 0.731. The SMILES string of the molecule is Cc1ccc(-n2c(C)cc(C#N)c2C)c(Br)c1. The number of hydrogen-bond donors (Lipinski definition) is 0. The topological polar surface area (TPSA) is 28.7 Å². The Morgan fingerprint density at radius 2 is 1.88 bits per heavy atom. The molecule has 0 aliphatic heterocycles. The third kappa shape index (κ3) is 2.01. The van der Waals surface area contributed by atoms with Crippen LogP contribution in [-0.4, -0.2) is 4.57 Å². The van der Waals surface area contributed by atoms with E-state index in [-0.39, 0.29) is 0 Å². The Kier molecular flexibility index (Phi) is 3.08. The molecule has 0 radical (unpaired) electrons. The van der Waals surface area contributed by atoms with Crippen LogP contribution >= 0.6 is 15.9 Å². The second-order valence-corrected chi connectivity index (χ2v) is 5.04. The summed E-state index contributed by atoms with van der Waals surface area (Å²) in [4.78, 5) is 0. The van der Waals surface area contributed by atoms with Crippen molar-refractivity contribution in [1.82, 2.24) is 4.57 Å². The van der Waals surface area contributed by atoms with E-state index < -0.39 is 0 Å². The van der Waals surface area contributed by atoms with E-state index in [1.54, 1.807) is 0 Å². The highest BCUT2D eigenvalue weighted by Crippen LogP contribution is 2.27. The van der Waals surface area contributed by atoms with Crippen molar-refractivity contribution in [2.45, 2.75) is 20.8 Å². The van der Waals surface area contributed by atoms with E-state index in [2.05, 4.69) is 51.7 Å².